The molecule has 4 rings (SSSR count). The number of rotatable bonds is 4. The van der Waals surface area contributed by atoms with Gasteiger partial charge in [0, 0.05) is 17.8 Å². The lowest BCUT2D eigenvalue weighted by molar-refractivity contribution is 0.101. The van der Waals surface area contributed by atoms with Gasteiger partial charge in [-0.2, -0.15) is 5.26 Å². The third kappa shape index (κ3) is 4.44. The highest BCUT2D eigenvalue weighted by Crippen LogP contribution is 2.40. The fourth-order valence-corrected chi connectivity index (χ4v) is 4.13. The fraction of sp³-hybridized carbons (Fsp3) is 0.478. The van der Waals surface area contributed by atoms with Crippen molar-refractivity contribution in [2.24, 2.45) is 5.41 Å². The quantitative estimate of drug-likeness (QED) is 0.714. The maximum Gasteiger partial charge on any atom is 0.291 e. The number of hydrogen-bond acceptors (Lipinski definition) is 5. The molecule has 3 heterocycles. The number of hydrogen-bond donors (Lipinski definition) is 3. The van der Waals surface area contributed by atoms with Gasteiger partial charge in [0.15, 0.2) is 11.5 Å². The van der Waals surface area contributed by atoms with E-state index in [1.807, 2.05) is 18.2 Å². The zero-order chi connectivity index (χ0) is 21.1. The van der Waals surface area contributed by atoms with E-state index in [9.17, 15) is 4.79 Å². The van der Waals surface area contributed by atoms with Crippen molar-refractivity contribution in [2.45, 2.75) is 51.9 Å². The first-order valence-electron chi connectivity index (χ1n) is 10.6. The van der Waals surface area contributed by atoms with Crippen LogP contribution in [0.1, 0.15) is 79.6 Å². The van der Waals surface area contributed by atoms with E-state index in [1.54, 1.807) is 0 Å². The van der Waals surface area contributed by atoms with Crippen molar-refractivity contribution in [1.29, 1.82) is 5.26 Å². The summed E-state index contributed by atoms with van der Waals surface area (Å²) in [7, 11) is 0. The van der Waals surface area contributed by atoms with E-state index in [1.165, 1.54) is 11.8 Å². The minimum atomic E-state index is -0.370. The van der Waals surface area contributed by atoms with E-state index in [2.05, 4.69) is 40.5 Å². The second-order valence-electron chi connectivity index (χ2n) is 8.95. The molecule has 0 aromatic carbocycles. The number of carbonyl (C=O) groups is 1. The number of H-pyrrole nitrogens is 1. The molecule has 30 heavy (non-hydrogen) atoms. The number of nitrogens with one attached hydrogen (secondary N) is 3. The second-order valence-corrected chi connectivity index (χ2v) is 8.95. The average Bonchev–Trinajstić information content (AvgIpc) is 3.24. The molecule has 0 bridgehead atoms. The van der Waals surface area contributed by atoms with Crippen molar-refractivity contribution in [3.63, 3.8) is 0 Å². The zero-order valence-electron chi connectivity index (χ0n) is 17.6. The van der Waals surface area contributed by atoms with E-state index in [0.29, 0.717) is 17.0 Å². The first-order chi connectivity index (χ1) is 14.4. The van der Waals surface area contributed by atoms with Crippen LogP contribution < -0.4 is 10.6 Å². The summed E-state index contributed by atoms with van der Waals surface area (Å²) in [5.41, 5.74) is 4.33. The molecule has 7 heteroatoms. The van der Waals surface area contributed by atoms with E-state index < -0.39 is 0 Å². The first kappa shape index (κ1) is 20.3. The van der Waals surface area contributed by atoms with Crippen LogP contribution in [0.25, 0.3) is 5.57 Å². The number of aromatic nitrogens is 3. The van der Waals surface area contributed by atoms with Gasteiger partial charge in [0.05, 0.1) is 11.4 Å². The summed E-state index contributed by atoms with van der Waals surface area (Å²) in [5, 5.41) is 15.3. The number of pyridine rings is 1. The molecule has 1 aliphatic heterocycles. The van der Waals surface area contributed by atoms with Crippen LogP contribution in [-0.2, 0) is 0 Å². The Morgan fingerprint density at radius 2 is 2.07 bits per heavy atom. The van der Waals surface area contributed by atoms with Crippen molar-refractivity contribution in [2.75, 3.05) is 18.4 Å². The van der Waals surface area contributed by atoms with Crippen LogP contribution in [-0.4, -0.2) is 33.9 Å². The van der Waals surface area contributed by atoms with Crippen LogP contribution in [0.2, 0.25) is 0 Å². The predicted octanol–water partition coefficient (Wildman–Crippen LogP) is 3.99. The topological polar surface area (TPSA) is 106 Å². The van der Waals surface area contributed by atoms with Crippen LogP contribution in [0.5, 0.6) is 0 Å². The molecule has 0 spiro atoms. The van der Waals surface area contributed by atoms with Gasteiger partial charge in [0.2, 0.25) is 0 Å². The van der Waals surface area contributed by atoms with Crippen molar-refractivity contribution in [1.82, 2.24) is 20.3 Å². The highest BCUT2D eigenvalue weighted by molar-refractivity contribution is 6.03. The Balaban J connectivity index is 1.65. The van der Waals surface area contributed by atoms with Gasteiger partial charge in [-0.25, -0.2) is 4.98 Å². The van der Waals surface area contributed by atoms with Crippen molar-refractivity contribution >= 4 is 17.2 Å². The molecule has 0 unspecified atom stereocenters. The van der Waals surface area contributed by atoms with E-state index >= 15 is 0 Å². The lowest BCUT2D eigenvalue weighted by Crippen LogP contribution is -2.27. The lowest BCUT2D eigenvalue weighted by atomic mass is 9.77. The van der Waals surface area contributed by atoms with E-state index in [0.717, 1.165) is 56.6 Å². The molecule has 3 N–H and O–H groups in total. The number of nitrogens with zero attached hydrogens (tertiary/aromatic N) is 3. The largest absolute Gasteiger partial charge is 0.339 e. The van der Waals surface area contributed by atoms with Crippen molar-refractivity contribution in [3.8, 4) is 6.07 Å². The average molecular weight is 405 g/mol. The van der Waals surface area contributed by atoms with Crippen molar-refractivity contribution in [3.05, 3.63) is 47.3 Å². The Labute approximate surface area is 177 Å². The molecule has 1 saturated heterocycles. The minimum Gasteiger partial charge on any atom is -0.339 e. The Morgan fingerprint density at radius 1 is 1.27 bits per heavy atom. The fourth-order valence-electron chi connectivity index (χ4n) is 4.13. The Morgan fingerprint density at radius 3 is 2.73 bits per heavy atom. The molecule has 1 amide bonds. The van der Waals surface area contributed by atoms with Crippen LogP contribution in [0, 0.1) is 16.7 Å². The van der Waals surface area contributed by atoms with Crippen LogP contribution >= 0.6 is 0 Å². The summed E-state index contributed by atoms with van der Waals surface area (Å²) < 4.78 is 0. The van der Waals surface area contributed by atoms with Gasteiger partial charge >= 0.3 is 0 Å². The van der Waals surface area contributed by atoms with Gasteiger partial charge in [-0.15, -0.1) is 0 Å². The number of allylic oxidation sites excluding steroid dienone is 2. The highest BCUT2D eigenvalue weighted by atomic mass is 16.2. The SMILES string of the molecule is CC1(C)CC=C(c2nc(C3CCNCC3)ccc2NC(=O)c2nc(C#N)c[nH]2)CC1. The lowest BCUT2D eigenvalue weighted by Gasteiger charge is -2.29. The summed E-state index contributed by atoms with van der Waals surface area (Å²) in [5.74, 6) is 0.197. The van der Waals surface area contributed by atoms with Crippen LogP contribution in [0.3, 0.4) is 0 Å². The number of amides is 1. The Kier molecular flexibility index (Phi) is 5.69. The number of aromatic amines is 1. The summed E-state index contributed by atoms with van der Waals surface area (Å²) in [6.45, 7) is 6.59. The number of imidazole rings is 1. The molecule has 0 atom stereocenters. The predicted molar refractivity (Wildman–Crippen MR) is 116 cm³/mol. The second kappa shape index (κ2) is 8.41. The molecular weight excluding hydrogens is 376 g/mol. The molecular formula is C23H28N6O. The van der Waals surface area contributed by atoms with Gasteiger partial charge in [0.1, 0.15) is 6.07 Å². The standard InChI is InChI=1S/C23H28N6O/c1-23(2)9-5-16(6-10-23)20-19(29-22(30)21-26-14-17(13-24)27-21)4-3-18(28-20)15-7-11-25-12-8-15/h3-5,14-15,25H,6-12H2,1-2H3,(H,26,27)(H,29,30). The van der Waals surface area contributed by atoms with Crippen molar-refractivity contribution < 1.29 is 4.79 Å². The molecule has 2 aromatic heterocycles. The number of nitriles is 1. The van der Waals surface area contributed by atoms with Gasteiger partial charge in [-0.05, 0) is 68.3 Å². The summed E-state index contributed by atoms with van der Waals surface area (Å²) in [4.78, 5) is 24.5. The number of carbonyl (C=O) groups excluding carboxylic acids is 1. The normalized spacial score (nSPS) is 19.0. The van der Waals surface area contributed by atoms with E-state index in [-0.39, 0.29) is 17.4 Å². The maximum atomic E-state index is 12.7. The molecule has 1 aliphatic carbocycles. The van der Waals surface area contributed by atoms with Gasteiger partial charge < -0.3 is 15.6 Å². The smallest absolute Gasteiger partial charge is 0.291 e. The molecule has 0 saturated carbocycles. The molecule has 1 fully saturated rings. The number of anilines is 1. The molecule has 2 aromatic rings. The van der Waals surface area contributed by atoms with Crippen LogP contribution in [0.4, 0.5) is 5.69 Å². The van der Waals surface area contributed by atoms with Gasteiger partial charge in [-0.1, -0.05) is 19.9 Å². The summed E-state index contributed by atoms with van der Waals surface area (Å²) in [6.07, 6.45) is 8.89. The molecule has 7 nitrogen and oxygen atoms in total. The summed E-state index contributed by atoms with van der Waals surface area (Å²) in [6, 6.07) is 5.93. The number of piperidine rings is 1. The third-order valence-electron chi connectivity index (χ3n) is 6.11. The Bertz CT molecular complexity index is 1010. The molecule has 2 aliphatic rings. The monoisotopic (exact) mass is 404 g/mol. The van der Waals surface area contributed by atoms with Crippen LogP contribution in [0.15, 0.2) is 24.4 Å². The zero-order valence-corrected chi connectivity index (χ0v) is 17.6. The molecule has 156 valence electrons. The highest BCUT2D eigenvalue weighted by Gasteiger charge is 2.26. The summed E-state index contributed by atoms with van der Waals surface area (Å²) >= 11 is 0. The first-order valence-corrected chi connectivity index (χ1v) is 10.6. The maximum absolute atomic E-state index is 12.7. The molecule has 0 radical (unpaired) electrons. The Hall–Kier alpha value is -2.98. The minimum absolute atomic E-state index is 0.124. The van der Waals surface area contributed by atoms with Gasteiger partial charge in [0.25, 0.3) is 5.91 Å². The van der Waals surface area contributed by atoms with Gasteiger partial charge in [-0.3, -0.25) is 9.78 Å². The third-order valence-corrected chi connectivity index (χ3v) is 6.11. The van der Waals surface area contributed by atoms with E-state index in [4.69, 9.17) is 10.2 Å².